The van der Waals surface area contributed by atoms with E-state index < -0.39 is 10.8 Å². The molecule has 2 amide bonds. The van der Waals surface area contributed by atoms with Crippen molar-refractivity contribution in [3.8, 4) is 0 Å². The second kappa shape index (κ2) is 8.02. The largest absolute Gasteiger partial charge is 0.326 e. The molecule has 0 bridgehead atoms. The number of hydrazone groups is 1. The smallest absolute Gasteiger partial charge is 0.288 e. The Bertz CT molecular complexity index is 850. The van der Waals surface area contributed by atoms with Gasteiger partial charge < -0.3 is 5.32 Å². The summed E-state index contributed by atoms with van der Waals surface area (Å²) in [7, 11) is 0. The summed E-state index contributed by atoms with van der Waals surface area (Å²) < 4.78 is 0. The van der Waals surface area contributed by atoms with Crippen molar-refractivity contribution in [1.82, 2.24) is 5.43 Å². The number of carbonyl (C=O) groups is 2. The zero-order chi connectivity index (χ0) is 18.4. The third-order valence-corrected chi connectivity index (χ3v) is 3.33. The predicted octanol–water partition coefficient (Wildman–Crippen LogP) is 2.97. The number of anilines is 1. The molecule has 0 aliphatic heterocycles. The summed E-state index contributed by atoms with van der Waals surface area (Å²) >= 11 is 5.72. The van der Waals surface area contributed by atoms with E-state index in [-0.39, 0.29) is 16.6 Å². The van der Waals surface area contributed by atoms with Gasteiger partial charge in [-0.25, -0.2) is 5.43 Å². The molecular formula is C16H13ClN4O4. The molecule has 0 heterocycles. The van der Waals surface area contributed by atoms with E-state index in [1.165, 1.54) is 43.5 Å². The summed E-state index contributed by atoms with van der Waals surface area (Å²) in [5.41, 5.74) is 3.39. The van der Waals surface area contributed by atoms with Crippen molar-refractivity contribution in [3.63, 3.8) is 0 Å². The van der Waals surface area contributed by atoms with Crippen molar-refractivity contribution in [1.29, 1.82) is 0 Å². The standard InChI is InChI=1S/C16H13ClN4O4/c1-10(22)19-13-5-3-12(4-6-13)16(23)20-18-9-11-2-7-14(17)15(8-11)21(24)25/h2-9H,1H3,(H,19,22)(H,20,23)/b18-9+. The number of nitrogens with one attached hydrogen (secondary N) is 2. The first-order chi connectivity index (χ1) is 11.9. The van der Waals surface area contributed by atoms with Crippen molar-refractivity contribution in [2.24, 2.45) is 5.10 Å². The Morgan fingerprint density at radius 3 is 2.48 bits per heavy atom. The van der Waals surface area contributed by atoms with Gasteiger partial charge in [0.2, 0.25) is 5.91 Å². The Kier molecular flexibility index (Phi) is 5.80. The number of halogens is 1. The highest BCUT2D eigenvalue weighted by atomic mass is 35.5. The Balaban J connectivity index is 2.02. The van der Waals surface area contributed by atoms with Gasteiger partial charge >= 0.3 is 0 Å². The van der Waals surface area contributed by atoms with Crippen LogP contribution in [0.5, 0.6) is 0 Å². The van der Waals surface area contributed by atoms with Gasteiger partial charge in [0.15, 0.2) is 0 Å². The number of hydrogen-bond acceptors (Lipinski definition) is 5. The molecular weight excluding hydrogens is 348 g/mol. The normalized spacial score (nSPS) is 10.5. The zero-order valence-corrected chi connectivity index (χ0v) is 13.8. The third-order valence-electron chi connectivity index (χ3n) is 3.01. The number of amides is 2. The Labute approximate surface area is 147 Å². The molecule has 2 aromatic carbocycles. The van der Waals surface area contributed by atoms with E-state index in [1.54, 1.807) is 12.1 Å². The minimum Gasteiger partial charge on any atom is -0.326 e. The summed E-state index contributed by atoms with van der Waals surface area (Å²) in [4.78, 5) is 33.1. The molecule has 128 valence electrons. The molecule has 0 fully saturated rings. The first kappa shape index (κ1) is 18.1. The maximum Gasteiger partial charge on any atom is 0.288 e. The van der Waals surface area contributed by atoms with Crippen molar-refractivity contribution < 1.29 is 14.5 Å². The Hall–Kier alpha value is -3.26. The van der Waals surface area contributed by atoms with Gasteiger partial charge in [-0.15, -0.1) is 0 Å². The lowest BCUT2D eigenvalue weighted by Gasteiger charge is -2.03. The second-order valence-corrected chi connectivity index (χ2v) is 5.33. The molecule has 0 saturated carbocycles. The van der Waals surface area contributed by atoms with Gasteiger partial charge in [-0.05, 0) is 30.3 Å². The summed E-state index contributed by atoms with van der Waals surface area (Å²) in [6.45, 7) is 1.39. The van der Waals surface area contributed by atoms with E-state index in [0.29, 0.717) is 16.8 Å². The SMILES string of the molecule is CC(=O)Nc1ccc(C(=O)N/N=C/c2ccc(Cl)c([N+](=O)[O-])c2)cc1. The van der Waals surface area contributed by atoms with Crippen LogP contribution in [0.25, 0.3) is 0 Å². The first-order valence-corrected chi connectivity index (χ1v) is 7.39. The molecule has 0 unspecified atom stereocenters. The van der Waals surface area contributed by atoms with Crippen molar-refractivity contribution >= 4 is 41.0 Å². The molecule has 2 rings (SSSR count). The van der Waals surface area contributed by atoms with Gasteiger partial charge in [-0.2, -0.15) is 5.10 Å². The molecule has 9 heteroatoms. The van der Waals surface area contributed by atoms with Gasteiger partial charge in [0, 0.05) is 29.8 Å². The average molecular weight is 361 g/mol. The number of rotatable bonds is 5. The van der Waals surface area contributed by atoms with Crippen LogP contribution >= 0.6 is 11.6 Å². The molecule has 0 radical (unpaired) electrons. The van der Waals surface area contributed by atoms with Gasteiger partial charge in [-0.1, -0.05) is 17.7 Å². The maximum absolute atomic E-state index is 12.0. The molecule has 0 aliphatic rings. The lowest BCUT2D eigenvalue weighted by atomic mass is 10.2. The number of carbonyl (C=O) groups excluding carboxylic acids is 2. The zero-order valence-electron chi connectivity index (χ0n) is 13.0. The minimum absolute atomic E-state index is 0.0189. The van der Waals surface area contributed by atoms with E-state index in [4.69, 9.17) is 11.6 Å². The van der Waals surface area contributed by atoms with Gasteiger partial charge in [-0.3, -0.25) is 19.7 Å². The summed E-state index contributed by atoms with van der Waals surface area (Å²) in [5.74, 6) is -0.673. The highest BCUT2D eigenvalue weighted by Gasteiger charge is 2.12. The highest BCUT2D eigenvalue weighted by molar-refractivity contribution is 6.32. The van der Waals surface area contributed by atoms with Crippen LogP contribution in [0.4, 0.5) is 11.4 Å². The van der Waals surface area contributed by atoms with Crippen LogP contribution in [0.15, 0.2) is 47.6 Å². The molecule has 0 aromatic heterocycles. The Morgan fingerprint density at radius 1 is 1.20 bits per heavy atom. The van der Waals surface area contributed by atoms with Crippen LogP contribution in [-0.4, -0.2) is 23.0 Å². The lowest BCUT2D eigenvalue weighted by Crippen LogP contribution is -2.17. The number of hydrogen-bond donors (Lipinski definition) is 2. The topological polar surface area (TPSA) is 114 Å². The summed E-state index contributed by atoms with van der Waals surface area (Å²) in [5, 5.41) is 17.2. The maximum atomic E-state index is 12.0. The molecule has 0 atom stereocenters. The molecule has 25 heavy (non-hydrogen) atoms. The van der Waals surface area contributed by atoms with E-state index in [9.17, 15) is 19.7 Å². The highest BCUT2D eigenvalue weighted by Crippen LogP contribution is 2.24. The fraction of sp³-hybridized carbons (Fsp3) is 0.0625. The van der Waals surface area contributed by atoms with Crippen molar-refractivity contribution in [3.05, 3.63) is 68.7 Å². The van der Waals surface area contributed by atoms with Crippen molar-refractivity contribution in [2.45, 2.75) is 6.92 Å². The molecule has 2 N–H and O–H groups in total. The van der Waals surface area contributed by atoms with Gasteiger partial charge in [0.1, 0.15) is 5.02 Å². The van der Waals surface area contributed by atoms with Crippen LogP contribution in [-0.2, 0) is 4.79 Å². The van der Waals surface area contributed by atoms with Gasteiger partial charge in [0.25, 0.3) is 11.6 Å². The van der Waals surface area contributed by atoms with Crippen LogP contribution in [0.2, 0.25) is 5.02 Å². The van der Waals surface area contributed by atoms with E-state index >= 15 is 0 Å². The molecule has 0 saturated heterocycles. The van der Waals surface area contributed by atoms with Gasteiger partial charge in [0.05, 0.1) is 11.1 Å². The number of nitrogens with zero attached hydrogens (tertiary/aromatic N) is 2. The number of nitro groups is 1. The third kappa shape index (κ3) is 5.11. The van der Waals surface area contributed by atoms with Crippen LogP contribution in [0, 0.1) is 10.1 Å². The monoisotopic (exact) mass is 360 g/mol. The summed E-state index contributed by atoms with van der Waals surface area (Å²) in [6, 6.07) is 10.4. The quantitative estimate of drug-likeness (QED) is 0.484. The number of benzene rings is 2. The fourth-order valence-corrected chi connectivity index (χ4v) is 2.07. The van der Waals surface area contributed by atoms with Crippen LogP contribution in [0.1, 0.15) is 22.8 Å². The van der Waals surface area contributed by atoms with Crippen molar-refractivity contribution in [2.75, 3.05) is 5.32 Å². The van der Waals surface area contributed by atoms with E-state index in [2.05, 4.69) is 15.8 Å². The number of nitro benzene ring substituents is 1. The fourth-order valence-electron chi connectivity index (χ4n) is 1.89. The lowest BCUT2D eigenvalue weighted by molar-refractivity contribution is -0.384. The van der Waals surface area contributed by atoms with Crippen LogP contribution in [0.3, 0.4) is 0 Å². The first-order valence-electron chi connectivity index (χ1n) is 7.02. The molecule has 2 aromatic rings. The second-order valence-electron chi connectivity index (χ2n) is 4.93. The molecule has 8 nitrogen and oxygen atoms in total. The minimum atomic E-state index is -0.602. The summed E-state index contributed by atoms with van der Waals surface area (Å²) in [6.07, 6.45) is 1.27. The Morgan fingerprint density at radius 2 is 1.88 bits per heavy atom. The predicted molar refractivity (Wildman–Crippen MR) is 93.9 cm³/mol. The molecule has 0 aliphatic carbocycles. The average Bonchev–Trinajstić information content (AvgIpc) is 2.56. The molecule has 0 spiro atoms. The van der Waals surface area contributed by atoms with Crippen LogP contribution < -0.4 is 10.7 Å². The van der Waals surface area contributed by atoms with E-state index in [0.717, 1.165) is 0 Å². The van der Waals surface area contributed by atoms with E-state index in [1.807, 2.05) is 0 Å².